The summed E-state index contributed by atoms with van der Waals surface area (Å²) < 4.78 is 0. The number of hydrogen-bond donors (Lipinski definition) is 2. The molecule has 1 unspecified atom stereocenters. The van der Waals surface area contributed by atoms with E-state index in [1.165, 1.54) is 4.90 Å². The van der Waals surface area contributed by atoms with E-state index in [1.807, 2.05) is 13.8 Å². The number of rotatable bonds is 3. The molecule has 0 saturated carbocycles. The smallest absolute Gasteiger partial charge is 0.252 e. The zero-order valence-electron chi connectivity index (χ0n) is 7.24. The molecule has 0 aromatic carbocycles. The van der Waals surface area contributed by atoms with Crippen LogP contribution in [0.25, 0.3) is 0 Å². The van der Waals surface area contributed by atoms with Crippen molar-refractivity contribution in [1.29, 1.82) is 0 Å². The lowest BCUT2D eigenvalue weighted by Gasteiger charge is -2.23. The monoisotopic (exact) mass is 160 g/mol. The minimum absolute atomic E-state index is 0.0180. The van der Waals surface area contributed by atoms with E-state index < -0.39 is 6.10 Å². The molecule has 4 nitrogen and oxygen atoms in total. The van der Waals surface area contributed by atoms with E-state index in [1.54, 1.807) is 7.05 Å². The van der Waals surface area contributed by atoms with Crippen molar-refractivity contribution in [2.24, 2.45) is 5.73 Å². The van der Waals surface area contributed by atoms with E-state index in [-0.39, 0.29) is 18.5 Å². The highest BCUT2D eigenvalue weighted by atomic mass is 16.3. The lowest BCUT2D eigenvalue weighted by atomic mass is 10.2. The Morgan fingerprint density at radius 2 is 2.09 bits per heavy atom. The average molecular weight is 160 g/mol. The predicted molar refractivity (Wildman–Crippen MR) is 43.0 cm³/mol. The van der Waals surface area contributed by atoms with Crippen molar-refractivity contribution < 1.29 is 9.90 Å². The number of carbonyl (C=O) groups is 1. The predicted octanol–water partition coefficient (Wildman–Crippen LogP) is -0.827. The largest absolute Gasteiger partial charge is 0.382 e. The van der Waals surface area contributed by atoms with Crippen LogP contribution in [-0.4, -0.2) is 41.7 Å². The molecular formula is C7H16N2O2. The van der Waals surface area contributed by atoms with Crippen molar-refractivity contribution in [2.75, 3.05) is 13.6 Å². The van der Waals surface area contributed by atoms with Gasteiger partial charge >= 0.3 is 0 Å². The van der Waals surface area contributed by atoms with Gasteiger partial charge in [-0.25, -0.2) is 0 Å². The fourth-order valence-corrected chi connectivity index (χ4v) is 0.590. The van der Waals surface area contributed by atoms with Crippen molar-refractivity contribution in [1.82, 2.24) is 4.90 Å². The van der Waals surface area contributed by atoms with Crippen LogP contribution in [0.3, 0.4) is 0 Å². The lowest BCUT2D eigenvalue weighted by molar-refractivity contribution is -0.139. The number of hydrogen-bond acceptors (Lipinski definition) is 3. The van der Waals surface area contributed by atoms with Crippen molar-refractivity contribution in [3.63, 3.8) is 0 Å². The molecule has 66 valence electrons. The van der Waals surface area contributed by atoms with Crippen LogP contribution in [0.2, 0.25) is 0 Å². The third kappa shape index (κ3) is 2.86. The molecule has 11 heavy (non-hydrogen) atoms. The van der Waals surface area contributed by atoms with Gasteiger partial charge in [0, 0.05) is 19.6 Å². The number of carbonyl (C=O) groups excluding carboxylic acids is 1. The van der Waals surface area contributed by atoms with Gasteiger partial charge in [-0.15, -0.1) is 0 Å². The Morgan fingerprint density at radius 1 is 1.64 bits per heavy atom. The Bertz CT molecular complexity index is 136. The van der Waals surface area contributed by atoms with Gasteiger partial charge in [0.05, 0.1) is 0 Å². The second kappa shape index (κ2) is 4.31. The average Bonchev–Trinajstić information content (AvgIpc) is 2.00. The zero-order chi connectivity index (χ0) is 9.02. The van der Waals surface area contributed by atoms with Gasteiger partial charge in [-0.05, 0) is 13.8 Å². The van der Waals surface area contributed by atoms with Crippen LogP contribution in [0.4, 0.5) is 0 Å². The molecule has 0 aliphatic heterocycles. The van der Waals surface area contributed by atoms with Crippen molar-refractivity contribution in [3.8, 4) is 0 Å². The van der Waals surface area contributed by atoms with Crippen LogP contribution in [0.1, 0.15) is 13.8 Å². The van der Waals surface area contributed by atoms with Gasteiger partial charge in [-0.3, -0.25) is 4.79 Å². The molecule has 0 rings (SSSR count). The summed E-state index contributed by atoms with van der Waals surface area (Å²) in [6.07, 6.45) is -1.05. The maximum atomic E-state index is 11.1. The Morgan fingerprint density at radius 3 is 2.36 bits per heavy atom. The SMILES string of the molecule is CC(C)N(C)C(=O)C(O)CN. The zero-order valence-corrected chi connectivity index (χ0v) is 7.24. The van der Waals surface area contributed by atoms with E-state index in [0.29, 0.717) is 0 Å². The molecule has 0 fully saturated rings. The topological polar surface area (TPSA) is 66.6 Å². The second-order valence-corrected chi connectivity index (χ2v) is 2.79. The standard InChI is InChI=1S/C7H16N2O2/c1-5(2)9(3)7(11)6(10)4-8/h5-6,10H,4,8H2,1-3H3. The molecule has 0 saturated heterocycles. The molecule has 0 aromatic heterocycles. The Hall–Kier alpha value is -0.610. The Balaban J connectivity index is 4.02. The summed E-state index contributed by atoms with van der Waals surface area (Å²) in [4.78, 5) is 12.6. The van der Waals surface area contributed by atoms with Crippen LogP contribution in [-0.2, 0) is 4.79 Å². The maximum absolute atomic E-state index is 11.1. The minimum atomic E-state index is -1.05. The van der Waals surface area contributed by atoms with Gasteiger partial charge in [-0.1, -0.05) is 0 Å². The minimum Gasteiger partial charge on any atom is -0.382 e. The van der Waals surface area contributed by atoms with Gasteiger partial charge in [0.2, 0.25) is 0 Å². The fraction of sp³-hybridized carbons (Fsp3) is 0.857. The highest BCUT2D eigenvalue weighted by Crippen LogP contribution is 1.96. The van der Waals surface area contributed by atoms with Crippen LogP contribution >= 0.6 is 0 Å². The summed E-state index contributed by atoms with van der Waals surface area (Å²) >= 11 is 0. The highest BCUT2D eigenvalue weighted by molar-refractivity contribution is 5.80. The first-order valence-corrected chi connectivity index (χ1v) is 3.65. The second-order valence-electron chi connectivity index (χ2n) is 2.79. The summed E-state index contributed by atoms with van der Waals surface area (Å²) in [7, 11) is 1.64. The summed E-state index contributed by atoms with van der Waals surface area (Å²) in [5.74, 6) is -0.317. The Kier molecular flexibility index (Phi) is 4.07. The van der Waals surface area contributed by atoms with Crippen LogP contribution in [0.15, 0.2) is 0 Å². The van der Waals surface area contributed by atoms with Gasteiger partial charge < -0.3 is 15.7 Å². The normalized spacial score (nSPS) is 13.3. The van der Waals surface area contributed by atoms with E-state index in [2.05, 4.69) is 0 Å². The van der Waals surface area contributed by atoms with Crippen LogP contribution in [0.5, 0.6) is 0 Å². The Labute approximate surface area is 67.0 Å². The maximum Gasteiger partial charge on any atom is 0.252 e. The van der Waals surface area contributed by atoms with Gasteiger partial charge in [0.25, 0.3) is 5.91 Å². The summed E-state index contributed by atoms with van der Waals surface area (Å²) in [6, 6.07) is 0.101. The number of likely N-dealkylation sites (N-methyl/N-ethyl adjacent to an activating group) is 1. The third-order valence-electron chi connectivity index (χ3n) is 1.63. The van der Waals surface area contributed by atoms with Crippen molar-refractivity contribution in [3.05, 3.63) is 0 Å². The van der Waals surface area contributed by atoms with Crippen LogP contribution < -0.4 is 5.73 Å². The molecule has 0 radical (unpaired) electrons. The number of aliphatic hydroxyl groups excluding tert-OH is 1. The van der Waals surface area contributed by atoms with Gasteiger partial charge in [-0.2, -0.15) is 0 Å². The van der Waals surface area contributed by atoms with Gasteiger partial charge in [0.1, 0.15) is 6.10 Å². The molecule has 0 spiro atoms. The van der Waals surface area contributed by atoms with Crippen LogP contribution in [0, 0.1) is 0 Å². The van der Waals surface area contributed by atoms with E-state index >= 15 is 0 Å². The van der Waals surface area contributed by atoms with Crippen molar-refractivity contribution in [2.45, 2.75) is 26.0 Å². The molecule has 0 aliphatic carbocycles. The number of nitrogens with two attached hydrogens (primary N) is 1. The number of nitrogens with zero attached hydrogens (tertiary/aromatic N) is 1. The van der Waals surface area contributed by atoms with Gasteiger partial charge in [0.15, 0.2) is 0 Å². The molecular weight excluding hydrogens is 144 g/mol. The summed E-state index contributed by atoms with van der Waals surface area (Å²) in [5.41, 5.74) is 5.11. The summed E-state index contributed by atoms with van der Waals surface area (Å²) in [6.45, 7) is 3.73. The molecule has 0 aliphatic rings. The molecule has 0 aromatic rings. The molecule has 1 amide bonds. The summed E-state index contributed by atoms with van der Waals surface area (Å²) in [5, 5.41) is 9.03. The fourth-order valence-electron chi connectivity index (χ4n) is 0.590. The van der Waals surface area contributed by atoms with E-state index in [0.717, 1.165) is 0 Å². The molecule has 1 atom stereocenters. The molecule has 3 N–H and O–H groups in total. The molecule has 0 bridgehead atoms. The lowest BCUT2D eigenvalue weighted by Crippen LogP contribution is -2.43. The van der Waals surface area contributed by atoms with E-state index in [4.69, 9.17) is 10.8 Å². The first kappa shape index (κ1) is 10.4. The first-order chi connectivity index (χ1) is 5.00. The highest BCUT2D eigenvalue weighted by Gasteiger charge is 2.18. The molecule has 4 heteroatoms. The number of amides is 1. The van der Waals surface area contributed by atoms with Crippen molar-refractivity contribution >= 4 is 5.91 Å². The third-order valence-corrected chi connectivity index (χ3v) is 1.63. The molecule has 0 heterocycles. The van der Waals surface area contributed by atoms with E-state index in [9.17, 15) is 4.79 Å². The quantitative estimate of drug-likeness (QED) is 0.566. The first-order valence-electron chi connectivity index (χ1n) is 3.65. The number of aliphatic hydroxyl groups is 1.